The van der Waals surface area contributed by atoms with Crippen molar-refractivity contribution >= 4 is 5.71 Å². The van der Waals surface area contributed by atoms with Gasteiger partial charge in [0, 0.05) is 5.56 Å². The zero-order valence-corrected chi connectivity index (χ0v) is 12.0. The quantitative estimate of drug-likeness (QED) is 0.683. The van der Waals surface area contributed by atoms with E-state index in [4.69, 9.17) is 4.84 Å². The van der Waals surface area contributed by atoms with E-state index >= 15 is 0 Å². The Labute approximate surface area is 119 Å². The smallest absolute Gasteiger partial charge is 0.125 e. The predicted molar refractivity (Wildman–Crippen MR) is 80.9 cm³/mol. The SMILES string of the molecule is CON=C(c1ccccc1C)C(O)c1ccccc1C. The third-order valence-corrected chi connectivity index (χ3v) is 3.35. The van der Waals surface area contributed by atoms with Crippen LogP contribution in [-0.4, -0.2) is 17.9 Å². The molecular weight excluding hydrogens is 250 g/mol. The Morgan fingerprint density at radius 2 is 1.60 bits per heavy atom. The molecule has 1 atom stereocenters. The maximum atomic E-state index is 10.7. The zero-order chi connectivity index (χ0) is 14.5. The summed E-state index contributed by atoms with van der Waals surface area (Å²) in [5.41, 5.74) is 4.34. The van der Waals surface area contributed by atoms with Crippen LogP contribution in [-0.2, 0) is 4.84 Å². The first-order chi connectivity index (χ1) is 9.65. The Balaban J connectivity index is 2.48. The van der Waals surface area contributed by atoms with Gasteiger partial charge in [-0.05, 0) is 30.5 Å². The van der Waals surface area contributed by atoms with E-state index in [1.807, 2.05) is 62.4 Å². The minimum Gasteiger partial charge on any atom is -0.399 e. The van der Waals surface area contributed by atoms with Gasteiger partial charge in [-0.1, -0.05) is 53.7 Å². The predicted octanol–water partition coefficient (Wildman–Crippen LogP) is 3.39. The fourth-order valence-electron chi connectivity index (χ4n) is 2.25. The summed E-state index contributed by atoms with van der Waals surface area (Å²) in [5.74, 6) is 0. The lowest BCUT2D eigenvalue weighted by Gasteiger charge is -2.17. The van der Waals surface area contributed by atoms with Crippen molar-refractivity contribution in [2.45, 2.75) is 20.0 Å². The first kappa shape index (κ1) is 14.3. The molecule has 0 fully saturated rings. The number of hydrogen-bond acceptors (Lipinski definition) is 3. The number of aliphatic hydroxyl groups excluding tert-OH is 1. The summed E-state index contributed by atoms with van der Waals surface area (Å²) < 4.78 is 0. The molecule has 2 aromatic carbocycles. The molecule has 1 unspecified atom stereocenters. The van der Waals surface area contributed by atoms with Crippen LogP contribution in [0.5, 0.6) is 0 Å². The lowest BCUT2D eigenvalue weighted by molar-refractivity contribution is 0.196. The van der Waals surface area contributed by atoms with Crippen molar-refractivity contribution in [2.24, 2.45) is 5.16 Å². The summed E-state index contributed by atoms with van der Waals surface area (Å²) in [5, 5.41) is 14.7. The molecule has 0 aliphatic carbocycles. The molecule has 20 heavy (non-hydrogen) atoms. The number of benzene rings is 2. The number of aryl methyl sites for hydroxylation is 2. The first-order valence-electron chi connectivity index (χ1n) is 6.55. The van der Waals surface area contributed by atoms with Crippen LogP contribution in [0.3, 0.4) is 0 Å². The third kappa shape index (κ3) is 2.89. The van der Waals surface area contributed by atoms with Gasteiger partial charge in [0.15, 0.2) is 0 Å². The van der Waals surface area contributed by atoms with Crippen LogP contribution in [0.4, 0.5) is 0 Å². The van der Waals surface area contributed by atoms with Gasteiger partial charge in [0.25, 0.3) is 0 Å². The summed E-state index contributed by atoms with van der Waals surface area (Å²) in [4.78, 5) is 4.92. The second kappa shape index (κ2) is 6.35. The molecule has 104 valence electrons. The standard InChI is InChI=1S/C17H19NO2/c1-12-8-4-6-10-14(12)16(18-20-3)17(19)15-11-7-5-9-13(15)2/h4-11,17,19H,1-3H3. The average molecular weight is 269 g/mol. The molecule has 0 saturated carbocycles. The topological polar surface area (TPSA) is 41.8 Å². The number of nitrogens with zero attached hydrogens (tertiary/aromatic N) is 1. The minimum atomic E-state index is -0.808. The number of oxime groups is 1. The van der Waals surface area contributed by atoms with E-state index in [2.05, 4.69) is 5.16 Å². The van der Waals surface area contributed by atoms with Gasteiger partial charge in [0.1, 0.15) is 18.9 Å². The molecule has 0 aliphatic rings. The summed E-state index contributed by atoms with van der Waals surface area (Å²) in [6.07, 6.45) is -0.808. The highest BCUT2D eigenvalue weighted by Crippen LogP contribution is 2.24. The fourth-order valence-corrected chi connectivity index (χ4v) is 2.25. The molecule has 0 aromatic heterocycles. The highest BCUT2D eigenvalue weighted by molar-refractivity contribution is 6.05. The van der Waals surface area contributed by atoms with Crippen LogP contribution in [0.25, 0.3) is 0 Å². The molecule has 0 spiro atoms. The molecule has 0 aliphatic heterocycles. The summed E-state index contributed by atoms with van der Waals surface area (Å²) in [6, 6.07) is 15.6. The van der Waals surface area contributed by atoms with E-state index < -0.39 is 6.10 Å². The number of hydrogen-bond donors (Lipinski definition) is 1. The van der Waals surface area contributed by atoms with E-state index in [0.717, 1.165) is 22.3 Å². The van der Waals surface area contributed by atoms with Crippen LogP contribution in [0.15, 0.2) is 53.7 Å². The van der Waals surface area contributed by atoms with Crippen molar-refractivity contribution < 1.29 is 9.94 Å². The second-order valence-corrected chi connectivity index (χ2v) is 4.73. The van der Waals surface area contributed by atoms with Crippen molar-refractivity contribution in [2.75, 3.05) is 7.11 Å². The van der Waals surface area contributed by atoms with Gasteiger partial charge in [0.2, 0.25) is 0 Å². The number of aliphatic hydroxyl groups is 1. The molecule has 0 bridgehead atoms. The summed E-state index contributed by atoms with van der Waals surface area (Å²) >= 11 is 0. The molecular formula is C17H19NO2. The molecule has 3 nitrogen and oxygen atoms in total. The molecule has 0 radical (unpaired) electrons. The van der Waals surface area contributed by atoms with Gasteiger partial charge < -0.3 is 9.94 Å². The Bertz CT molecular complexity index is 620. The monoisotopic (exact) mass is 269 g/mol. The molecule has 1 N–H and O–H groups in total. The highest BCUT2D eigenvalue weighted by Gasteiger charge is 2.20. The van der Waals surface area contributed by atoms with Crippen molar-refractivity contribution in [3.8, 4) is 0 Å². The first-order valence-corrected chi connectivity index (χ1v) is 6.55. The highest BCUT2D eigenvalue weighted by atomic mass is 16.6. The van der Waals surface area contributed by atoms with Crippen molar-refractivity contribution in [1.29, 1.82) is 0 Å². The Morgan fingerprint density at radius 1 is 1.00 bits per heavy atom. The van der Waals surface area contributed by atoms with Gasteiger partial charge in [0.05, 0.1) is 0 Å². The maximum Gasteiger partial charge on any atom is 0.125 e. The van der Waals surface area contributed by atoms with Crippen LogP contribution < -0.4 is 0 Å². The Morgan fingerprint density at radius 3 is 2.20 bits per heavy atom. The molecule has 0 heterocycles. The van der Waals surface area contributed by atoms with Crippen LogP contribution >= 0.6 is 0 Å². The second-order valence-electron chi connectivity index (χ2n) is 4.73. The average Bonchev–Trinajstić information content (AvgIpc) is 2.46. The van der Waals surface area contributed by atoms with Gasteiger partial charge in [-0.2, -0.15) is 0 Å². The van der Waals surface area contributed by atoms with Gasteiger partial charge in [-0.15, -0.1) is 0 Å². The molecule has 3 heteroatoms. The summed E-state index contributed by atoms with van der Waals surface area (Å²) in [7, 11) is 1.49. The van der Waals surface area contributed by atoms with Crippen LogP contribution in [0.1, 0.15) is 28.4 Å². The summed E-state index contributed by atoms with van der Waals surface area (Å²) in [6.45, 7) is 3.96. The van der Waals surface area contributed by atoms with E-state index in [0.29, 0.717) is 5.71 Å². The largest absolute Gasteiger partial charge is 0.399 e. The zero-order valence-electron chi connectivity index (χ0n) is 12.0. The molecule has 2 aromatic rings. The normalized spacial score (nSPS) is 13.1. The van der Waals surface area contributed by atoms with Crippen molar-refractivity contribution in [1.82, 2.24) is 0 Å². The molecule has 2 rings (SSSR count). The Kier molecular flexibility index (Phi) is 4.53. The van der Waals surface area contributed by atoms with Gasteiger partial charge in [-0.3, -0.25) is 0 Å². The van der Waals surface area contributed by atoms with Gasteiger partial charge >= 0.3 is 0 Å². The molecule has 0 amide bonds. The van der Waals surface area contributed by atoms with E-state index in [-0.39, 0.29) is 0 Å². The maximum absolute atomic E-state index is 10.7. The lowest BCUT2D eigenvalue weighted by Crippen LogP contribution is -2.16. The lowest BCUT2D eigenvalue weighted by atomic mass is 9.94. The van der Waals surface area contributed by atoms with E-state index in [9.17, 15) is 5.11 Å². The fraction of sp³-hybridized carbons (Fsp3) is 0.235. The van der Waals surface area contributed by atoms with Gasteiger partial charge in [-0.25, -0.2) is 0 Å². The van der Waals surface area contributed by atoms with Crippen molar-refractivity contribution in [3.63, 3.8) is 0 Å². The van der Waals surface area contributed by atoms with E-state index in [1.54, 1.807) is 0 Å². The number of rotatable bonds is 4. The van der Waals surface area contributed by atoms with Crippen LogP contribution in [0.2, 0.25) is 0 Å². The molecule has 0 saturated heterocycles. The van der Waals surface area contributed by atoms with Crippen molar-refractivity contribution in [3.05, 3.63) is 70.8 Å². The third-order valence-electron chi connectivity index (χ3n) is 3.35. The van der Waals surface area contributed by atoms with Crippen LogP contribution in [0, 0.1) is 13.8 Å². The Hall–Kier alpha value is -2.13. The minimum absolute atomic E-state index is 0.528. The van der Waals surface area contributed by atoms with E-state index in [1.165, 1.54) is 7.11 Å².